The molecular weight excluding hydrogens is 564 g/mol. The first-order valence-corrected chi connectivity index (χ1v) is 14.3. The number of aliphatic hydroxyl groups excluding tert-OH is 8. The quantitative estimate of drug-likeness (QED) is 0.110. The van der Waals surface area contributed by atoms with Gasteiger partial charge in [0.2, 0.25) is 6.29 Å². The van der Waals surface area contributed by atoms with Crippen LogP contribution in [-0.2, 0) is 33.2 Å². The molecule has 14 unspecified atom stereocenters. The van der Waals surface area contributed by atoms with E-state index in [0.29, 0.717) is 18.4 Å². The highest BCUT2D eigenvalue weighted by Gasteiger charge is 2.52. The smallest absolute Gasteiger partial charge is 0.309 e. The second kappa shape index (κ2) is 14.5. The van der Waals surface area contributed by atoms with Crippen LogP contribution < -0.4 is 0 Å². The SMILES string of the molecule is CC(C)CC(=O)OC1OC=C(COC2OC(CO)C(OC3OC(CO)C(O)C(O)C3O)C(O)C2O)C2CCC(CO)C12. The molecule has 4 aliphatic rings. The standard InChI is InChI=1S/C27H44O15/c1-11(2)5-17(31)41-25-18-12(6-28)3-4-14(18)13(9-37-25)10-38-26-23(36)21(34)24(16(8-30)40-26)42-27-22(35)20(33)19(32)15(7-29)39-27/h9,11-12,14-16,18-30,32-36H,3-8,10H2,1-2H3. The van der Waals surface area contributed by atoms with E-state index >= 15 is 0 Å². The summed E-state index contributed by atoms with van der Waals surface area (Å²) in [4.78, 5) is 12.3. The molecule has 0 amide bonds. The first kappa shape index (κ1) is 33.4. The summed E-state index contributed by atoms with van der Waals surface area (Å²) >= 11 is 0. The third-order valence-electron chi connectivity index (χ3n) is 8.43. The van der Waals surface area contributed by atoms with Crippen molar-refractivity contribution in [1.29, 1.82) is 0 Å². The number of esters is 1. The fourth-order valence-corrected chi connectivity index (χ4v) is 6.13. The van der Waals surface area contributed by atoms with Crippen molar-refractivity contribution in [1.82, 2.24) is 0 Å². The summed E-state index contributed by atoms with van der Waals surface area (Å²) in [6.07, 6.45) is -13.4. The minimum atomic E-state index is -1.77. The largest absolute Gasteiger partial charge is 0.462 e. The Bertz CT molecular complexity index is 912. The molecule has 2 saturated heterocycles. The Morgan fingerprint density at radius 2 is 1.52 bits per heavy atom. The van der Waals surface area contributed by atoms with Crippen LogP contribution in [0.2, 0.25) is 0 Å². The van der Waals surface area contributed by atoms with Gasteiger partial charge in [-0.2, -0.15) is 0 Å². The molecule has 4 rings (SSSR count). The summed E-state index contributed by atoms with van der Waals surface area (Å²) in [7, 11) is 0. The first-order chi connectivity index (χ1) is 20.0. The van der Waals surface area contributed by atoms with Gasteiger partial charge in [-0.25, -0.2) is 0 Å². The lowest BCUT2D eigenvalue weighted by molar-refractivity contribution is -0.358. The number of hydrogen-bond donors (Lipinski definition) is 8. The molecular formula is C27H44O15. The molecule has 15 heteroatoms. The Balaban J connectivity index is 1.39. The number of carbonyl (C=O) groups is 1. The maximum absolute atomic E-state index is 12.3. The zero-order chi connectivity index (χ0) is 30.7. The lowest BCUT2D eigenvalue weighted by atomic mass is 9.83. The Hall–Kier alpha value is -1.47. The second-order valence-electron chi connectivity index (χ2n) is 11.8. The molecule has 8 N–H and O–H groups in total. The van der Waals surface area contributed by atoms with E-state index in [1.54, 1.807) is 0 Å². The van der Waals surface area contributed by atoms with Gasteiger partial charge in [0.15, 0.2) is 12.6 Å². The van der Waals surface area contributed by atoms with Crippen LogP contribution in [0.5, 0.6) is 0 Å². The summed E-state index contributed by atoms with van der Waals surface area (Å²) in [6.45, 7) is 2.20. The zero-order valence-corrected chi connectivity index (χ0v) is 23.6. The van der Waals surface area contributed by atoms with Gasteiger partial charge >= 0.3 is 5.97 Å². The summed E-state index contributed by atoms with van der Waals surface area (Å²) in [5.74, 6) is -0.897. The molecule has 0 radical (unpaired) electrons. The number of aliphatic hydroxyl groups is 8. The van der Waals surface area contributed by atoms with Crippen molar-refractivity contribution in [3.63, 3.8) is 0 Å². The predicted molar refractivity (Wildman–Crippen MR) is 138 cm³/mol. The molecule has 15 nitrogen and oxygen atoms in total. The number of rotatable bonds is 11. The van der Waals surface area contributed by atoms with Gasteiger partial charge in [-0.05, 0) is 36.2 Å². The minimum absolute atomic E-state index is 0.100. The number of ether oxygens (including phenoxy) is 6. The monoisotopic (exact) mass is 608 g/mol. The maximum atomic E-state index is 12.3. The van der Waals surface area contributed by atoms with Crippen molar-refractivity contribution >= 4 is 5.97 Å². The molecule has 242 valence electrons. The molecule has 0 aromatic heterocycles. The molecule has 14 atom stereocenters. The van der Waals surface area contributed by atoms with Crippen molar-refractivity contribution < 1.29 is 74.1 Å². The van der Waals surface area contributed by atoms with Crippen LogP contribution in [-0.4, -0.2) is 141 Å². The topological polar surface area (TPSA) is 234 Å². The van der Waals surface area contributed by atoms with Gasteiger partial charge in [0, 0.05) is 18.9 Å². The summed E-state index contributed by atoms with van der Waals surface area (Å²) < 4.78 is 33.7. The average Bonchev–Trinajstić information content (AvgIpc) is 3.40. The Morgan fingerprint density at radius 1 is 0.857 bits per heavy atom. The highest BCUT2D eigenvalue weighted by molar-refractivity contribution is 5.69. The second-order valence-corrected chi connectivity index (χ2v) is 11.8. The number of hydrogen-bond acceptors (Lipinski definition) is 15. The van der Waals surface area contributed by atoms with Crippen LogP contribution in [0.25, 0.3) is 0 Å². The van der Waals surface area contributed by atoms with E-state index in [9.17, 15) is 45.6 Å². The summed E-state index contributed by atoms with van der Waals surface area (Å²) in [6, 6.07) is 0. The van der Waals surface area contributed by atoms with E-state index in [0.717, 1.165) is 0 Å². The Morgan fingerprint density at radius 3 is 2.17 bits per heavy atom. The van der Waals surface area contributed by atoms with E-state index in [4.69, 9.17) is 28.4 Å². The fraction of sp³-hybridized carbons (Fsp3) is 0.889. The number of fused-ring (bicyclic) bond motifs is 1. The van der Waals surface area contributed by atoms with E-state index < -0.39 is 86.9 Å². The van der Waals surface area contributed by atoms with Crippen molar-refractivity contribution in [2.45, 2.75) is 101 Å². The molecule has 3 fully saturated rings. The normalized spacial score (nSPS) is 43.9. The highest BCUT2D eigenvalue weighted by Crippen LogP contribution is 2.47. The van der Waals surface area contributed by atoms with Crippen molar-refractivity contribution in [3.05, 3.63) is 11.8 Å². The van der Waals surface area contributed by atoms with Crippen LogP contribution in [0.1, 0.15) is 33.1 Å². The predicted octanol–water partition coefficient (Wildman–Crippen LogP) is -2.91. The molecule has 3 aliphatic heterocycles. The third-order valence-corrected chi connectivity index (χ3v) is 8.43. The van der Waals surface area contributed by atoms with E-state index in [2.05, 4.69) is 0 Å². The number of carbonyl (C=O) groups excluding carboxylic acids is 1. The fourth-order valence-electron chi connectivity index (χ4n) is 6.13. The molecule has 42 heavy (non-hydrogen) atoms. The van der Waals surface area contributed by atoms with Crippen LogP contribution in [0.15, 0.2) is 11.8 Å². The van der Waals surface area contributed by atoms with Gasteiger partial charge < -0.3 is 69.3 Å². The average molecular weight is 609 g/mol. The molecule has 0 bridgehead atoms. The maximum Gasteiger partial charge on any atom is 0.309 e. The van der Waals surface area contributed by atoms with Crippen LogP contribution >= 0.6 is 0 Å². The van der Waals surface area contributed by atoms with Crippen LogP contribution in [0, 0.1) is 23.7 Å². The molecule has 0 spiro atoms. The van der Waals surface area contributed by atoms with Gasteiger partial charge in [-0.3, -0.25) is 4.79 Å². The molecule has 3 heterocycles. The lowest BCUT2D eigenvalue weighted by Crippen LogP contribution is -2.64. The van der Waals surface area contributed by atoms with Crippen LogP contribution in [0.3, 0.4) is 0 Å². The zero-order valence-electron chi connectivity index (χ0n) is 23.6. The lowest BCUT2D eigenvalue weighted by Gasteiger charge is -2.46. The molecule has 1 saturated carbocycles. The Kier molecular flexibility index (Phi) is 11.6. The molecule has 0 aromatic carbocycles. The van der Waals surface area contributed by atoms with Gasteiger partial charge in [-0.1, -0.05) is 13.8 Å². The Labute approximate surface area is 243 Å². The van der Waals surface area contributed by atoms with E-state index in [-0.39, 0.29) is 43.3 Å². The molecule has 0 aromatic rings. The van der Waals surface area contributed by atoms with Crippen molar-refractivity contribution in [2.75, 3.05) is 26.4 Å². The van der Waals surface area contributed by atoms with Crippen molar-refractivity contribution in [3.8, 4) is 0 Å². The summed E-state index contributed by atoms with van der Waals surface area (Å²) in [5, 5.41) is 81.2. The van der Waals surface area contributed by atoms with Gasteiger partial charge in [0.25, 0.3) is 0 Å². The first-order valence-electron chi connectivity index (χ1n) is 14.3. The van der Waals surface area contributed by atoms with Crippen molar-refractivity contribution in [2.24, 2.45) is 23.7 Å². The van der Waals surface area contributed by atoms with Gasteiger partial charge in [-0.15, -0.1) is 0 Å². The van der Waals surface area contributed by atoms with Crippen LogP contribution in [0.4, 0.5) is 0 Å². The summed E-state index contributed by atoms with van der Waals surface area (Å²) in [5.41, 5.74) is 0.678. The molecule has 1 aliphatic carbocycles. The van der Waals surface area contributed by atoms with E-state index in [1.807, 2.05) is 13.8 Å². The minimum Gasteiger partial charge on any atom is -0.462 e. The third kappa shape index (κ3) is 7.08. The van der Waals surface area contributed by atoms with E-state index in [1.165, 1.54) is 6.26 Å². The van der Waals surface area contributed by atoms with Gasteiger partial charge in [0.05, 0.1) is 26.1 Å². The van der Waals surface area contributed by atoms with Gasteiger partial charge in [0.1, 0.15) is 48.8 Å². The highest BCUT2D eigenvalue weighted by atomic mass is 16.7.